The number of nitrogens with one attached hydrogen (secondary N) is 1. The number of carbonyl (C=O) groups is 2. The van der Waals surface area contributed by atoms with Crippen molar-refractivity contribution >= 4 is 23.4 Å². The molecule has 4 nitrogen and oxygen atoms in total. The van der Waals surface area contributed by atoms with Crippen LogP contribution in [0.3, 0.4) is 0 Å². The predicted octanol–water partition coefficient (Wildman–Crippen LogP) is 2.86. The molecule has 1 heterocycles. The first kappa shape index (κ1) is 15.8. The summed E-state index contributed by atoms with van der Waals surface area (Å²) in [6, 6.07) is 7.15. The molecule has 2 amide bonds. The highest BCUT2D eigenvalue weighted by molar-refractivity contribution is 6.30. The monoisotopic (exact) mass is 308 g/mol. The van der Waals surface area contributed by atoms with E-state index in [4.69, 9.17) is 11.6 Å². The van der Waals surface area contributed by atoms with Gasteiger partial charge in [0.05, 0.1) is 0 Å². The summed E-state index contributed by atoms with van der Waals surface area (Å²) in [5.41, 5.74) is 0.660. The fourth-order valence-electron chi connectivity index (χ4n) is 2.53. The lowest BCUT2D eigenvalue weighted by Gasteiger charge is -2.32. The molecule has 21 heavy (non-hydrogen) atoms. The van der Waals surface area contributed by atoms with E-state index in [9.17, 15) is 9.59 Å². The molecule has 0 spiro atoms. The Morgan fingerprint density at radius 2 is 1.86 bits per heavy atom. The van der Waals surface area contributed by atoms with Crippen molar-refractivity contribution in [2.24, 2.45) is 0 Å². The minimum absolute atomic E-state index is 0.0324. The average Bonchev–Trinajstić information content (AvgIpc) is 2.48. The minimum Gasteiger partial charge on any atom is -0.353 e. The molecule has 0 saturated carbocycles. The van der Waals surface area contributed by atoms with Crippen LogP contribution in [0, 0.1) is 0 Å². The van der Waals surface area contributed by atoms with Crippen molar-refractivity contribution in [2.45, 2.75) is 38.6 Å². The number of hydrogen-bond donors (Lipinski definition) is 1. The lowest BCUT2D eigenvalue weighted by Crippen LogP contribution is -2.46. The van der Waals surface area contributed by atoms with Gasteiger partial charge in [0, 0.05) is 36.1 Å². The molecule has 1 aromatic rings. The quantitative estimate of drug-likeness (QED) is 0.930. The summed E-state index contributed by atoms with van der Waals surface area (Å²) in [4.78, 5) is 25.8. The molecule has 1 aliphatic heterocycles. The molecule has 1 fully saturated rings. The van der Waals surface area contributed by atoms with Crippen LogP contribution in [0.5, 0.6) is 0 Å². The van der Waals surface area contributed by atoms with Gasteiger partial charge >= 0.3 is 0 Å². The van der Waals surface area contributed by atoms with Crippen molar-refractivity contribution in [1.29, 1.82) is 0 Å². The Morgan fingerprint density at radius 3 is 2.43 bits per heavy atom. The van der Waals surface area contributed by atoms with E-state index in [2.05, 4.69) is 5.32 Å². The maximum Gasteiger partial charge on any atom is 0.253 e. The van der Waals surface area contributed by atoms with Crippen molar-refractivity contribution in [2.75, 3.05) is 13.1 Å². The highest BCUT2D eigenvalue weighted by atomic mass is 35.5. The Morgan fingerprint density at radius 1 is 1.24 bits per heavy atom. The molecule has 0 unspecified atom stereocenters. The molecule has 0 atom stereocenters. The van der Waals surface area contributed by atoms with Crippen molar-refractivity contribution < 1.29 is 9.59 Å². The fraction of sp³-hybridized carbons (Fsp3) is 0.500. The third-order valence-corrected chi connectivity index (χ3v) is 3.97. The van der Waals surface area contributed by atoms with Crippen LogP contribution in [0.4, 0.5) is 0 Å². The number of nitrogens with zero attached hydrogens (tertiary/aromatic N) is 1. The normalized spacial score (nSPS) is 15.8. The summed E-state index contributed by atoms with van der Waals surface area (Å²) >= 11 is 5.83. The van der Waals surface area contributed by atoms with Crippen LogP contribution >= 0.6 is 11.6 Å². The summed E-state index contributed by atoms with van der Waals surface area (Å²) < 4.78 is 0. The summed E-state index contributed by atoms with van der Waals surface area (Å²) in [6.45, 7) is 3.35. The Bertz CT molecular complexity index is 494. The number of piperidine rings is 1. The lowest BCUT2D eigenvalue weighted by molar-refractivity contribution is -0.122. The minimum atomic E-state index is 0.0324. The molecule has 1 aromatic carbocycles. The second-order valence-electron chi connectivity index (χ2n) is 5.39. The van der Waals surface area contributed by atoms with Crippen LogP contribution in [0.2, 0.25) is 5.02 Å². The first-order valence-corrected chi connectivity index (χ1v) is 7.82. The van der Waals surface area contributed by atoms with Crippen molar-refractivity contribution in [3.8, 4) is 0 Å². The third kappa shape index (κ3) is 4.46. The molecule has 5 heteroatoms. The Labute approximate surface area is 130 Å². The van der Waals surface area contributed by atoms with E-state index in [1.54, 1.807) is 24.3 Å². The molecular formula is C16H21ClN2O2. The molecule has 1 saturated heterocycles. The Hall–Kier alpha value is -1.55. The number of hydrogen-bond acceptors (Lipinski definition) is 2. The van der Waals surface area contributed by atoms with Gasteiger partial charge in [0.15, 0.2) is 0 Å². The Kier molecular flexibility index (Phi) is 5.62. The van der Waals surface area contributed by atoms with Crippen LogP contribution < -0.4 is 5.32 Å². The summed E-state index contributed by atoms with van der Waals surface area (Å²) in [7, 11) is 0. The van der Waals surface area contributed by atoms with Crippen molar-refractivity contribution in [3.05, 3.63) is 34.9 Å². The smallest absolute Gasteiger partial charge is 0.253 e. The number of benzene rings is 1. The van der Waals surface area contributed by atoms with Gasteiger partial charge in [-0.25, -0.2) is 0 Å². The topological polar surface area (TPSA) is 49.4 Å². The van der Waals surface area contributed by atoms with Crippen LogP contribution in [0.25, 0.3) is 0 Å². The second kappa shape index (κ2) is 7.46. The van der Waals surface area contributed by atoms with Gasteiger partial charge in [0.1, 0.15) is 0 Å². The van der Waals surface area contributed by atoms with Gasteiger partial charge in [-0.2, -0.15) is 0 Å². The van der Waals surface area contributed by atoms with Crippen LogP contribution in [-0.2, 0) is 4.79 Å². The largest absolute Gasteiger partial charge is 0.353 e. The van der Waals surface area contributed by atoms with Gasteiger partial charge in [-0.3, -0.25) is 9.59 Å². The molecular weight excluding hydrogens is 288 g/mol. The molecule has 0 aromatic heterocycles. The van der Waals surface area contributed by atoms with Gasteiger partial charge in [-0.1, -0.05) is 18.5 Å². The SMILES string of the molecule is CCCC(=O)NC1CCN(C(=O)c2ccc(Cl)cc2)CC1. The van der Waals surface area contributed by atoms with E-state index < -0.39 is 0 Å². The highest BCUT2D eigenvalue weighted by Crippen LogP contribution is 2.16. The maximum absolute atomic E-state index is 12.3. The van der Waals surface area contributed by atoms with Gasteiger partial charge in [-0.05, 0) is 43.5 Å². The standard InChI is InChI=1S/C16H21ClN2O2/c1-2-3-15(20)18-14-8-10-19(11-9-14)16(21)12-4-6-13(17)7-5-12/h4-7,14H,2-3,8-11H2,1H3,(H,18,20). The summed E-state index contributed by atoms with van der Waals surface area (Å²) in [6.07, 6.45) is 3.06. The average molecular weight is 309 g/mol. The highest BCUT2D eigenvalue weighted by Gasteiger charge is 2.24. The lowest BCUT2D eigenvalue weighted by atomic mass is 10.0. The van der Waals surface area contributed by atoms with E-state index in [1.165, 1.54) is 0 Å². The van der Waals surface area contributed by atoms with Gasteiger partial charge in [0.2, 0.25) is 5.91 Å². The third-order valence-electron chi connectivity index (χ3n) is 3.72. The molecule has 2 rings (SSSR count). The van der Waals surface area contributed by atoms with Gasteiger partial charge in [-0.15, -0.1) is 0 Å². The maximum atomic E-state index is 12.3. The number of carbonyl (C=O) groups excluding carboxylic acids is 2. The number of amides is 2. The van der Waals surface area contributed by atoms with Crippen LogP contribution in [0.1, 0.15) is 43.0 Å². The van der Waals surface area contributed by atoms with Crippen LogP contribution in [-0.4, -0.2) is 35.8 Å². The van der Waals surface area contributed by atoms with E-state index in [1.807, 2.05) is 11.8 Å². The zero-order valence-electron chi connectivity index (χ0n) is 12.3. The van der Waals surface area contributed by atoms with E-state index in [0.717, 1.165) is 19.3 Å². The number of halogens is 1. The van der Waals surface area contributed by atoms with E-state index in [0.29, 0.717) is 30.1 Å². The zero-order chi connectivity index (χ0) is 15.2. The Balaban J connectivity index is 1.84. The number of likely N-dealkylation sites (tertiary alicyclic amines) is 1. The molecule has 0 radical (unpaired) electrons. The molecule has 0 aliphatic carbocycles. The molecule has 1 N–H and O–H groups in total. The first-order chi connectivity index (χ1) is 10.1. The fourth-order valence-corrected chi connectivity index (χ4v) is 2.65. The number of rotatable bonds is 4. The first-order valence-electron chi connectivity index (χ1n) is 7.44. The van der Waals surface area contributed by atoms with E-state index in [-0.39, 0.29) is 17.9 Å². The van der Waals surface area contributed by atoms with E-state index >= 15 is 0 Å². The summed E-state index contributed by atoms with van der Waals surface area (Å²) in [5, 5.41) is 3.66. The van der Waals surface area contributed by atoms with Gasteiger partial charge < -0.3 is 10.2 Å². The second-order valence-corrected chi connectivity index (χ2v) is 5.83. The molecule has 0 bridgehead atoms. The molecule has 1 aliphatic rings. The summed E-state index contributed by atoms with van der Waals surface area (Å²) in [5.74, 6) is 0.143. The zero-order valence-corrected chi connectivity index (χ0v) is 13.0. The van der Waals surface area contributed by atoms with Gasteiger partial charge in [0.25, 0.3) is 5.91 Å². The van der Waals surface area contributed by atoms with Crippen molar-refractivity contribution in [1.82, 2.24) is 10.2 Å². The molecule has 114 valence electrons. The van der Waals surface area contributed by atoms with Crippen LogP contribution in [0.15, 0.2) is 24.3 Å². The van der Waals surface area contributed by atoms with Crippen molar-refractivity contribution in [3.63, 3.8) is 0 Å². The predicted molar refractivity (Wildman–Crippen MR) is 83.4 cm³/mol.